The van der Waals surface area contributed by atoms with E-state index in [9.17, 15) is 4.89 Å². The van der Waals surface area contributed by atoms with Crippen molar-refractivity contribution in [1.29, 1.82) is 0 Å². The Morgan fingerprint density at radius 1 is 0.750 bits per heavy atom. The van der Waals surface area contributed by atoms with E-state index >= 15 is 0 Å². The van der Waals surface area contributed by atoms with E-state index in [2.05, 4.69) is 32.0 Å². The van der Waals surface area contributed by atoms with Crippen molar-refractivity contribution in [3.8, 4) is 11.1 Å². The van der Waals surface area contributed by atoms with Gasteiger partial charge in [-0.3, -0.25) is 0 Å². The number of benzene rings is 3. The maximum atomic E-state index is 11.3. The molecule has 122 valence electrons. The largest absolute Gasteiger partial charge is 0.358 e. The van der Waals surface area contributed by atoms with Gasteiger partial charge in [-0.2, -0.15) is 0 Å². The van der Waals surface area contributed by atoms with Crippen molar-refractivity contribution in [2.45, 2.75) is 20.8 Å². The minimum Gasteiger partial charge on any atom is -0.358 e. The minimum atomic E-state index is -2.83. The molecule has 3 rings (SSSR count). The van der Waals surface area contributed by atoms with Gasteiger partial charge >= 0.3 is 0 Å². The highest BCUT2D eigenvalue weighted by molar-refractivity contribution is 8.19. The molecule has 0 aliphatic carbocycles. The third-order valence-electron chi connectivity index (χ3n) is 4.30. The van der Waals surface area contributed by atoms with E-state index in [4.69, 9.17) is 11.8 Å². The first-order valence-electron chi connectivity index (χ1n) is 7.97. The van der Waals surface area contributed by atoms with E-state index in [1.165, 1.54) is 5.56 Å². The van der Waals surface area contributed by atoms with Crippen molar-refractivity contribution in [2.75, 3.05) is 0 Å². The van der Waals surface area contributed by atoms with Crippen LogP contribution in [0.5, 0.6) is 0 Å². The van der Waals surface area contributed by atoms with Gasteiger partial charge in [0, 0.05) is 10.6 Å². The molecule has 3 heteroatoms. The average Bonchev–Trinajstić information content (AvgIpc) is 2.55. The summed E-state index contributed by atoms with van der Waals surface area (Å²) >= 11 is 5.76. The highest BCUT2D eigenvalue weighted by Gasteiger charge is 2.23. The second kappa shape index (κ2) is 6.64. The van der Waals surface area contributed by atoms with Gasteiger partial charge in [-0.25, -0.2) is 0 Å². The van der Waals surface area contributed by atoms with Crippen molar-refractivity contribution < 1.29 is 4.89 Å². The molecular weight excluding hydrogens is 331 g/mol. The predicted molar refractivity (Wildman–Crippen MR) is 108 cm³/mol. The highest BCUT2D eigenvalue weighted by atomic mass is 32.4. The Hall–Kier alpha value is -1.73. The van der Waals surface area contributed by atoms with Crippen molar-refractivity contribution in [3.05, 3.63) is 83.4 Å². The van der Waals surface area contributed by atoms with Gasteiger partial charge in [-0.15, -0.1) is 0 Å². The second-order valence-corrected chi connectivity index (χ2v) is 9.98. The van der Waals surface area contributed by atoms with E-state index in [0.29, 0.717) is 0 Å². The van der Waals surface area contributed by atoms with Crippen LogP contribution in [0, 0.1) is 20.8 Å². The summed E-state index contributed by atoms with van der Waals surface area (Å²) in [4.78, 5) is 11.3. The Labute approximate surface area is 149 Å². The molecule has 0 spiro atoms. The Morgan fingerprint density at radius 2 is 1.38 bits per heavy atom. The number of hydrogen-bond acceptors (Lipinski definition) is 1. The fourth-order valence-corrected chi connectivity index (χ4v) is 5.35. The molecule has 1 N–H and O–H groups in total. The van der Waals surface area contributed by atoms with Crippen LogP contribution in [0.4, 0.5) is 0 Å². The summed E-state index contributed by atoms with van der Waals surface area (Å²) in [5.74, 6) is 0. The summed E-state index contributed by atoms with van der Waals surface area (Å²) in [6.07, 6.45) is -2.83. The molecule has 0 aromatic heterocycles. The highest BCUT2D eigenvalue weighted by Crippen LogP contribution is 2.42. The van der Waals surface area contributed by atoms with Gasteiger partial charge in [-0.05, 0) is 37.5 Å². The van der Waals surface area contributed by atoms with Crippen LogP contribution in [-0.2, 0) is 11.8 Å². The first-order chi connectivity index (χ1) is 11.4. The van der Waals surface area contributed by atoms with Crippen LogP contribution in [0.1, 0.15) is 16.7 Å². The van der Waals surface area contributed by atoms with Crippen LogP contribution >= 0.6 is 6.26 Å². The first kappa shape index (κ1) is 17.1. The van der Waals surface area contributed by atoms with Gasteiger partial charge in [0.1, 0.15) is 6.26 Å². The van der Waals surface area contributed by atoms with Crippen LogP contribution in [0.25, 0.3) is 11.1 Å². The lowest BCUT2D eigenvalue weighted by Gasteiger charge is -2.21. The zero-order valence-corrected chi connectivity index (χ0v) is 15.9. The van der Waals surface area contributed by atoms with Crippen molar-refractivity contribution in [3.63, 3.8) is 0 Å². The van der Waals surface area contributed by atoms with Crippen molar-refractivity contribution in [1.82, 2.24) is 0 Å². The minimum absolute atomic E-state index is 0.835. The monoisotopic (exact) mass is 352 g/mol. The van der Waals surface area contributed by atoms with E-state index < -0.39 is 6.26 Å². The normalized spacial score (nSPS) is 13.5. The topological polar surface area (TPSA) is 20.2 Å². The van der Waals surface area contributed by atoms with Crippen LogP contribution in [0.3, 0.4) is 0 Å². The SMILES string of the molecule is Cc1ccc(P(O)(=S)c2ccc(C)cc2-c2ccccc2C)cc1. The lowest BCUT2D eigenvalue weighted by Crippen LogP contribution is -2.18. The molecule has 0 radical (unpaired) electrons. The smallest absolute Gasteiger partial charge is 0.121 e. The third kappa shape index (κ3) is 3.23. The summed E-state index contributed by atoms with van der Waals surface area (Å²) in [7, 11) is 0. The predicted octanol–water partition coefficient (Wildman–Crippen LogP) is 4.62. The molecule has 3 aromatic carbocycles. The van der Waals surface area contributed by atoms with Crippen LogP contribution in [0.2, 0.25) is 0 Å². The number of aryl methyl sites for hydroxylation is 3. The van der Waals surface area contributed by atoms with Gasteiger partial charge in [0.15, 0.2) is 0 Å². The Morgan fingerprint density at radius 3 is 2.04 bits per heavy atom. The quantitative estimate of drug-likeness (QED) is 0.694. The maximum absolute atomic E-state index is 11.3. The molecule has 3 aromatic rings. The number of hydrogen-bond donors (Lipinski definition) is 1. The van der Waals surface area contributed by atoms with Gasteiger partial charge in [0.05, 0.1) is 0 Å². The zero-order valence-electron chi connectivity index (χ0n) is 14.2. The summed E-state index contributed by atoms with van der Waals surface area (Å²) in [5, 5.41) is 1.70. The lowest BCUT2D eigenvalue weighted by atomic mass is 9.99. The van der Waals surface area contributed by atoms with Gasteiger partial charge < -0.3 is 4.89 Å². The fraction of sp³-hybridized carbons (Fsp3) is 0.143. The molecule has 0 saturated heterocycles. The Bertz CT molecular complexity index is 929. The van der Waals surface area contributed by atoms with Crippen LogP contribution in [-0.4, -0.2) is 4.89 Å². The van der Waals surface area contributed by atoms with Crippen molar-refractivity contribution in [2.24, 2.45) is 0 Å². The average molecular weight is 352 g/mol. The summed E-state index contributed by atoms with van der Waals surface area (Å²) in [6, 6.07) is 22.3. The first-order valence-corrected chi connectivity index (χ1v) is 10.7. The summed E-state index contributed by atoms with van der Waals surface area (Å²) in [5.41, 5.74) is 5.68. The van der Waals surface area contributed by atoms with E-state index in [-0.39, 0.29) is 0 Å². The molecule has 1 atom stereocenters. The molecule has 0 heterocycles. The molecule has 0 fully saturated rings. The molecule has 0 saturated carbocycles. The number of rotatable bonds is 3. The van der Waals surface area contributed by atoms with Crippen LogP contribution < -0.4 is 10.6 Å². The molecule has 1 nitrogen and oxygen atoms in total. The lowest BCUT2D eigenvalue weighted by molar-refractivity contribution is 0.642. The Kier molecular flexibility index (Phi) is 4.73. The second-order valence-electron chi connectivity index (χ2n) is 6.25. The molecule has 0 aliphatic heterocycles. The van der Waals surface area contributed by atoms with Crippen molar-refractivity contribution >= 4 is 28.7 Å². The zero-order chi connectivity index (χ0) is 17.3. The Balaban J connectivity index is 2.23. The molecule has 0 bridgehead atoms. The maximum Gasteiger partial charge on any atom is 0.121 e. The van der Waals surface area contributed by atoms with Crippen LogP contribution in [0.15, 0.2) is 66.7 Å². The standard InChI is InChI=1S/C21H21OPS/c1-15-8-11-18(12-9-15)23(22,24)21-13-10-16(2)14-20(21)19-7-5-4-6-17(19)3/h4-14H,1-3H3,(H,22,24). The van der Waals surface area contributed by atoms with E-state index in [1.807, 2.05) is 55.5 Å². The summed E-state index contributed by atoms with van der Waals surface area (Å²) < 4.78 is 0. The molecule has 1 unspecified atom stereocenters. The van der Waals surface area contributed by atoms with Gasteiger partial charge in [0.25, 0.3) is 0 Å². The molecule has 0 amide bonds. The fourth-order valence-electron chi connectivity index (χ4n) is 2.89. The summed E-state index contributed by atoms with van der Waals surface area (Å²) in [6.45, 7) is 6.20. The van der Waals surface area contributed by atoms with Gasteiger partial charge in [0.2, 0.25) is 0 Å². The van der Waals surface area contributed by atoms with Gasteiger partial charge in [-0.1, -0.05) is 89.7 Å². The third-order valence-corrected chi connectivity index (χ3v) is 7.56. The molecular formula is C21H21OPS. The van der Waals surface area contributed by atoms with E-state index in [0.717, 1.165) is 32.9 Å². The van der Waals surface area contributed by atoms with E-state index in [1.54, 1.807) is 0 Å². The molecule has 0 aliphatic rings. The molecule has 24 heavy (non-hydrogen) atoms.